The SMILES string of the molecule is C[C@]12CCC(=O)N1[C@@H](C(=O)OCC(=O)Nc1cccc(F)c1)CS2. The number of carbonyl (C=O) groups is 3. The maximum absolute atomic E-state index is 13.1. The van der Waals surface area contributed by atoms with Crippen LogP contribution >= 0.6 is 11.8 Å². The largest absolute Gasteiger partial charge is 0.454 e. The monoisotopic (exact) mass is 352 g/mol. The number of esters is 1. The Balaban J connectivity index is 1.54. The molecular weight excluding hydrogens is 335 g/mol. The highest BCUT2D eigenvalue weighted by Crippen LogP contribution is 2.47. The van der Waals surface area contributed by atoms with E-state index >= 15 is 0 Å². The first-order valence-electron chi connectivity index (χ1n) is 7.57. The minimum Gasteiger partial charge on any atom is -0.454 e. The van der Waals surface area contributed by atoms with Gasteiger partial charge in [-0.15, -0.1) is 11.8 Å². The zero-order chi connectivity index (χ0) is 17.3. The van der Waals surface area contributed by atoms with Crippen molar-refractivity contribution in [1.82, 2.24) is 4.90 Å². The lowest BCUT2D eigenvalue weighted by molar-refractivity contribution is -0.155. The first kappa shape index (κ1) is 16.8. The summed E-state index contributed by atoms with van der Waals surface area (Å²) in [6.07, 6.45) is 1.13. The van der Waals surface area contributed by atoms with Crippen molar-refractivity contribution in [1.29, 1.82) is 0 Å². The predicted octanol–water partition coefficient (Wildman–Crippen LogP) is 1.76. The number of amides is 2. The van der Waals surface area contributed by atoms with Crippen molar-refractivity contribution in [3.05, 3.63) is 30.1 Å². The standard InChI is InChI=1S/C16H17FN2O4S/c1-16-6-5-14(21)19(16)12(9-24-16)15(22)23-8-13(20)18-11-4-2-3-10(17)7-11/h2-4,7,12H,5-6,8-9H2,1H3,(H,18,20)/t12-,16+/m1/s1. The minimum atomic E-state index is -0.656. The third-order valence-corrected chi connectivity index (χ3v) is 5.68. The summed E-state index contributed by atoms with van der Waals surface area (Å²) in [7, 11) is 0. The fourth-order valence-electron chi connectivity index (χ4n) is 2.99. The van der Waals surface area contributed by atoms with E-state index in [-0.39, 0.29) is 16.5 Å². The van der Waals surface area contributed by atoms with Crippen LogP contribution in [0.15, 0.2) is 24.3 Å². The van der Waals surface area contributed by atoms with Crippen LogP contribution in [0.4, 0.5) is 10.1 Å². The molecule has 6 nitrogen and oxygen atoms in total. The summed E-state index contributed by atoms with van der Waals surface area (Å²) in [5.74, 6) is -1.22. The molecule has 1 aromatic carbocycles. The molecule has 2 saturated heterocycles. The van der Waals surface area contributed by atoms with E-state index < -0.39 is 30.3 Å². The van der Waals surface area contributed by atoms with Gasteiger partial charge >= 0.3 is 5.97 Å². The second-order valence-corrected chi connectivity index (χ2v) is 7.43. The lowest BCUT2D eigenvalue weighted by Crippen LogP contribution is -2.47. The van der Waals surface area contributed by atoms with E-state index in [0.717, 1.165) is 0 Å². The van der Waals surface area contributed by atoms with Crippen LogP contribution in [0.3, 0.4) is 0 Å². The molecule has 2 atom stereocenters. The zero-order valence-electron chi connectivity index (χ0n) is 13.1. The fourth-order valence-corrected chi connectivity index (χ4v) is 4.41. The number of nitrogens with zero attached hydrogens (tertiary/aromatic N) is 1. The Morgan fingerprint density at radius 3 is 3.04 bits per heavy atom. The van der Waals surface area contributed by atoms with Crippen LogP contribution in [0.5, 0.6) is 0 Å². The molecule has 8 heteroatoms. The van der Waals surface area contributed by atoms with Crippen LogP contribution in [-0.2, 0) is 19.1 Å². The van der Waals surface area contributed by atoms with Crippen LogP contribution in [0.2, 0.25) is 0 Å². The molecular formula is C16H17FN2O4S. The minimum absolute atomic E-state index is 0.0614. The van der Waals surface area contributed by atoms with E-state index in [9.17, 15) is 18.8 Å². The molecule has 1 aromatic rings. The van der Waals surface area contributed by atoms with E-state index in [4.69, 9.17) is 4.74 Å². The molecule has 24 heavy (non-hydrogen) atoms. The van der Waals surface area contributed by atoms with Gasteiger partial charge < -0.3 is 15.0 Å². The lowest BCUT2D eigenvalue weighted by Gasteiger charge is -2.29. The average Bonchev–Trinajstić information content (AvgIpc) is 3.02. The van der Waals surface area contributed by atoms with E-state index in [0.29, 0.717) is 18.6 Å². The van der Waals surface area contributed by atoms with Crippen LogP contribution < -0.4 is 5.32 Å². The number of ether oxygens (including phenoxy) is 1. The van der Waals surface area contributed by atoms with Crippen molar-refractivity contribution >= 4 is 35.2 Å². The van der Waals surface area contributed by atoms with Crippen molar-refractivity contribution in [2.24, 2.45) is 0 Å². The van der Waals surface area contributed by atoms with Gasteiger partial charge in [-0.3, -0.25) is 9.59 Å². The molecule has 0 radical (unpaired) electrons. The average molecular weight is 352 g/mol. The molecule has 2 aliphatic rings. The van der Waals surface area contributed by atoms with Crippen LogP contribution in [0, 0.1) is 5.82 Å². The van der Waals surface area contributed by atoms with Crippen LogP contribution in [0.1, 0.15) is 19.8 Å². The van der Waals surface area contributed by atoms with E-state index in [2.05, 4.69) is 5.32 Å². The fraction of sp³-hybridized carbons (Fsp3) is 0.438. The number of nitrogens with one attached hydrogen (secondary N) is 1. The van der Waals surface area contributed by atoms with Crippen molar-refractivity contribution in [2.75, 3.05) is 17.7 Å². The van der Waals surface area contributed by atoms with Crippen molar-refractivity contribution < 1.29 is 23.5 Å². The molecule has 0 bridgehead atoms. The second kappa shape index (κ2) is 6.43. The maximum atomic E-state index is 13.1. The Labute approximate surface area is 142 Å². The third-order valence-electron chi connectivity index (χ3n) is 4.17. The number of hydrogen-bond acceptors (Lipinski definition) is 5. The summed E-state index contributed by atoms with van der Waals surface area (Å²) in [4.78, 5) is 37.2. The van der Waals surface area contributed by atoms with Gasteiger partial charge in [-0.05, 0) is 31.5 Å². The Morgan fingerprint density at radius 1 is 1.50 bits per heavy atom. The summed E-state index contributed by atoms with van der Waals surface area (Å²) in [6.45, 7) is 1.46. The molecule has 2 fully saturated rings. The van der Waals surface area contributed by atoms with Gasteiger partial charge in [0.25, 0.3) is 5.91 Å². The molecule has 0 aliphatic carbocycles. The summed E-state index contributed by atoms with van der Waals surface area (Å²) in [6, 6.07) is 4.77. The lowest BCUT2D eigenvalue weighted by atomic mass is 10.2. The smallest absolute Gasteiger partial charge is 0.330 e. The summed E-state index contributed by atoms with van der Waals surface area (Å²) < 4.78 is 18.1. The molecule has 2 heterocycles. The van der Waals surface area contributed by atoms with Gasteiger partial charge in [0, 0.05) is 17.9 Å². The zero-order valence-corrected chi connectivity index (χ0v) is 13.9. The van der Waals surface area contributed by atoms with Gasteiger partial charge in [-0.25, -0.2) is 9.18 Å². The third kappa shape index (κ3) is 3.24. The highest BCUT2D eigenvalue weighted by atomic mass is 32.2. The molecule has 0 unspecified atom stereocenters. The molecule has 2 aliphatic heterocycles. The van der Waals surface area contributed by atoms with E-state index in [1.807, 2.05) is 6.92 Å². The number of fused-ring (bicyclic) bond motifs is 1. The summed E-state index contributed by atoms with van der Waals surface area (Å²) >= 11 is 1.56. The van der Waals surface area contributed by atoms with Gasteiger partial charge in [0.2, 0.25) is 5.91 Å². The maximum Gasteiger partial charge on any atom is 0.330 e. The number of benzene rings is 1. The Morgan fingerprint density at radius 2 is 2.29 bits per heavy atom. The summed E-state index contributed by atoms with van der Waals surface area (Å²) in [5.41, 5.74) is 0.287. The molecule has 0 saturated carbocycles. The number of halogens is 1. The number of anilines is 1. The normalized spacial score (nSPS) is 25.5. The second-order valence-electron chi connectivity index (χ2n) is 5.93. The topological polar surface area (TPSA) is 75.7 Å². The van der Waals surface area contributed by atoms with Crippen molar-refractivity contribution in [3.63, 3.8) is 0 Å². The van der Waals surface area contributed by atoms with Crippen LogP contribution in [0.25, 0.3) is 0 Å². The number of hydrogen-bond donors (Lipinski definition) is 1. The number of carbonyl (C=O) groups excluding carboxylic acids is 3. The molecule has 0 aromatic heterocycles. The van der Waals surface area contributed by atoms with Gasteiger partial charge in [0.1, 0.15) is 11.9 Å². The molecule has 2 amide bonds. The first-order valence-corrected chi connectivity index (χ1v) is 8.56. The molecule has 1 N–H and O–H groups in total. The molecule has 3 rings (SSSR count). The highest BCUT2D eigenvalue weighted by Gasteiger charge is 2.53. The Hall–Kier alpha value is -2.09. The van der Waals surface area contributed by atoms with Gasteiger partial charge in [-0.1, -0.05) is 6.07 Å². The summed E-state index contributed by atoms with van der Waals surface area (Å²) in [5, 5.41) is 2.45. The number of thioether (sulfide) groups is 1. The van der Waals surface area contributed by atoms with E-state index in [1.54, 1.807) is 16.7 Å². The Bertz CT molecular complexity index is 698. The quantitative estimate of drug-likeness (QED) is 0.836. The van der Waals surface area contributed by atoms with E-state index in [1.165, 1.54) is 24.3 Å². The van der Waals surface area contributed by atoms with Gasteiger partial charge in [0.05, 0.1) is 4.87 Å². The van der Waals surface area contributed by atoms with Gasteiger partial charge in [-0.2, -0.15) is 0 Å². The number of rotatable bonds is 4. The molecule has 128 valence electrons. The van der Waals surface area contributed by atoms with Crippen molar-refractivity contribution in [3.8, 4) is 0 Å². The van der Waals surface area contributed by atoms with Gasteiger partial charge in [0.15, 0.2) is 6.61 Å². The highest BCUT2D eigenvalue weighted by molar-refractivity contribution is 8.01. The van der Waals surface area contributed by atoms with Crippen molar-refractivity contribution in [2.45, 2.75) is 30.7 Å². The van der Waals surface area contributed by atoms with Crippen LogP contribution in [-0.4, -0.2) is 46.0 Å². The Kier molecular flexibility index (Phi) is 4.49. The first-order chi connectivity index (χ1) is 11.4. The molecule has 0 spiro atoms. The predicted molar refractivity (Wildman–Crippen MR) is 86.7 cm³/mol.